The Morgan fingerprint density at radius 3 is 2.36 bits per heavy atom. The minimum atomic E-state index is -3.54. The molecule has 1 aromatic rings. The molecule has 2 fully saturated rings. The number of hydrogen-bond acceptors (Lipinski definition) is 3. The number of piperidine rings is 1. The lowest BCUT2D eigenvalue weighted by Crippen LogP contribution is -2.42. The fourth-order valence-corrected chi connectivity index (χ4v) is 5.56. The highest BCUT2D eigenvalue weighted by molar-refractivity contribution is 7.89. The van der Waals surface area contributed by atoms with E-state index in [-0.39, 0.29) is 16.8 Å². The van der Waals surface area contributed by atoms with Crippen molar-refractivity contribution in [2.24, 2.45) is 0 Å². The van der Waals surface area contributed by atoms with Crippen molar-refractivity contribution in [3.05, 3.63) is 29.8 Å². The summed E-state index contributed by atoms with van der Waals surface area (Å²) in [5, 5.41) is 0. The topological polar surface area (TPSA) is 57.7 Å². The van der Waals surface area contributed by atoms with Gasteiger partial charge < -0.3 is 4.90 Å². The summed E-state index contributed by atoms with van der Waals surface area (Å²) < 4.78 is 27.6. The fourth-order valence-electron chi connectivity index (χ4n) is 3.81. The molecule has 0 bridgehead atoms. The van der Waals surface area contributed by atoms with Crippen LogP contribution >= 0.6 is 0 Å². The molecule has 1 amide bonds. The van der Waals surface area contributed by atoms with Crippen molar-refractivity contribution in [2.75, 3.05) is 19.6 Å². The van der Waals surface area contributed by atoms with E-state index in [0.29, 0.717) is 12.1 Å². The van der Waals surface area contributed by atoms with Crippen molar-refractivity contribution in [3.8, 4) is 0 Å². The zero-order valence-electron chi connectivity index (χ0n) is 15.0. The molecule has 0 radical (unpaired) electrons. The van der Waals surface area contributed by atoms with Gasteiger partial charge in [-0.1, -0.05) is 25.3 Å². The number of likely N-dealkylation sites (tertiary alicyclic amines) is 1. The summed E-state index contributed by atoms with van der Waals surface area (Å²) in [7, 11) is -3.54. The molecule has 2 aliphatic heterocycles. The first-order chi connectivity index (χ1) is 12.0. The first-order valence-corrected chi connectivity index (χ1v) is 10.9. The summed E-state index contributed by atoms with van der Waals surface area (Å²) in [5.41, 5.74) is 0.479. The molecule has 1 atom stereocenters. The number of rotatable bonds is 3. The first kappa shape index (κ1) is 18.4. The van der Waals surface area contributed by atoms with Crippen molar-refractivity contribution >= 4 is 15.9 Å². The van der Waals surface area contributed by atoms with Crippen LogP contribution in [0.1, 0.15) is 62.2 Å². The summed E-state index contributed by atoms with van der Waals surface area (Å²) in [6.45, 7) is 4.05. The van der Waals surface area contributed by atoms with Crippen molar-refractivity contribution in [1.82, 2.24) is 9.21 Å². The van der Waals surface area contributed by atoms with Crippen LogP contribution in [-0.4, -0.2) is 49.2 Å². The minimum Gasteiger partial charge on any atom is -0.339 e. The highest BCUT2D eigenvalue weighted by atomic mass is 32.2. The van der Waals surface area contributed by atoms with Gasteiger partial charge in [0.25, 0.3) is 5.91 Å². The smallest absolute Gasteiger partial charge is 0.253 e. The summed E-state index contributed by atoms with van der Waals surface area (Å²) in [5.74, 6) is -0.0503. The van der Waals surface area contributed by atoms with E-state index in [9.17, 15) is 13.2 Å². The van der Waals surface area contributed by atoms with Crippen molar-refractivity contribution in [3.63, 3.8) is 0 Å². The van der Waals surface area contributed by atoms with E-state index in [1.54, 1.807) is 28.6 Å². The third kappa shape index (κ3) is 4.06. The normalized spacial score (nSPS) is 23.2. The lowest BCUT2D eigenvalue weighted by Gasteiger charge is -2.32. The van der Waals surface area contributed by atoms with E-state index < -0.39 is 10.0 Å². The largest absolute Gasteiger partial charge is 0.339 e. The molecular formula is C19H28N2O3S. The third-order valence-corrected chi connectivity index (χ3v) is 7.33. The number of sulfonamides is 1. The molecule has 3 rings (SSSR count). The van der Waals surface area contributed by atoms with E-state index >= 15 is 0 Å². The summed E-state index contributed by atoms with van der Waals surface area (Å²) in [6, 6.07) is 6.60. The Kier molecular flexibility index (Phi) is 5.79. The van der Waals surface area contributed by atoms with Gasteiger partial charge in [-0.25, -0.2) is 8.42 Å². The number of amides is 1. The van der Waals surface area contributed by atoms with Crippen LogP contribution in [0.5, 0.6) is 0 Å². The second kappa shape index (κ2) is 7.87. The molecule has 1 unspecified atom stereocenters. The van der Waals surface area contributed by atoms with Crippen LogP contribution in [0.2, 0.25) is 0 Å². The predicted octanol–water partition coefficient (Wildman–Crippen LogP) is 3.27. The first-order valence-electron chi connectivity index (χ1n) is 9.41. The average Bonchev–Trinajstić information content (AvgIpc) is 2.91. The van der Waals surface area contributed by atoms with Crippen LogP contribution in [-0.2, 0) is 10.0 Å². The molecule has 2 heterocycles. The monoisotopic (exact) mass is 364 g/mol. The maximum Gasteiger partial charge on any atom is 0.253 e. The molecule has 138 valence electrons. The quantitative estimate of drug-likeness (QED) is 0.827. The van der Waals surface area contributed by atoms with Crippen molar-refractivity contribution in [1.29, 1.82) is 0 Å². The summed E-state index contributed by atoms with van der Waals surface area (Å²) in [4.78, 5) is 14.9. The standard InChI is InChI=1S/C19H28N2O3S/c1-16-9-4-7-14-21(16)25(23,24)18-11-8-10-17(15-18)19(22)20-12-5-2-3-6-13-20/h8,10-11,15-16H,2-7,9,12-14H2,1H3. The molecule has 6 heteroatoms. The molecular weight excluding hydrogens is 336 g/mol. The Hall–Kier alpha value is -1.40. The zero-order chi connectivity index (χ0) is 17.9. The van der Waals surface area contributed by atoms with Gasteiger partial charge in [0, 0.05) is 31.2 Å². The summed E-state index contributed by atoms with van der Waals surface area (Å²) >= 11 is 0. The van der Waals surface area contributed by atoms with E-state index in [4.69, 9.17) is 0 Å². The number of nitrogens with zero attached hydrogens (tertiary/aromatic N) is 2. The van der Waals surface area contributed by atoms with Crippen LogP contribution in [0.4, 0.5) is 0 Å². The SMILES string of the molecule is CC1CCCCN1S(=O)(=O)c1cccc(C(=O)N2CCCCCC2)c1. The molecule has 2 aliphatic rings. The molecule has 1 aromatic carbocycles. The lowest BCUT2D eigenvalue weighted by atomic mass is 10.1. The van der Waals surface area contributed by atoms with E-state index in [0.717, 1.165) is 58.0 Å². The molecule has 0 spiro atoms. The minimum absolute atomic E-state index is 0.0173. The van der Waals surface area contributed by atoms with Crippen LogP contribution in [0.25, 0.3) is 0 Å². The van der Waals surface area contributed by atoms with Crippen LogP contribution in [0, 0.1) is 0 Å². The maximum absolute atomic E-state index is 13.0. The van der Waals surface area contributed by atoms with E-state index in [2.05, 4.69) is 0 Å². The molecule has 0 N–H and O–H groups in total. The number of carbonyl (C=O) groups is 1. The van der Waals surface area contributed by atoms with Gasteiger partial charge in [0.1, 0.15) is 0 Å². The summed E-state index contributed by atoms with van der Waals surface area (Å²) in [6.07, 6.45) is 7.22. The van der Waals surface area contributed by atoms with Gasteiger partial charge in [0.15, 0.2) is 0 Å². The second-order valence-electron chi connectivity index (χ2n) is 7.19. The van der Waals surface area contributed by atoms with Gasteiger partial charge in [-0.15, -0.1) is 0 Å². The Labute approximate surface area is 151 Å². The Morgan fingerprint density at radius 1 is 1.00 bits per heavy atom. The van der Waals surface area contributed by atoms with Crippen molar-refractivity contribution < 1.29 is 13.2 Å². The van der Waals surface area contributed by atoms with Gasteiger partial charge >= 0.3 is 0 Å². The van der Waals surface area contributed by atoms with Gasteiger partial charge in [-0.2, -0.15) is 4.31 Å². The van der Waals surface area contributed by atoms with Crippen LogP contribution in [0.3, 0.4) is 0 Å². The third-order valence-electron chi connectivity index (χ3n) is 5.32. The number of hydrogen-bond donors (Lipinski definition) is 0. The molecule has 0 aromatic heterocycles. The zero-order valence-corrected chi connectivity index (χ0v) is 15.8. The van der Waals surface area contributed by atoms with Gasteiger partial charge in [0.05, 0.1) is 4.90 Å². The lowest BCUT2D eigenvalue weighted by molar-refractivity contribution is 0.0761. The number of benzene rings is 1. The average molecular weight is 365 g/mol. The highest BCUT2D eigenvalue weighted by Gasteiger charge is 2.31. The van der Waals surface area contributed by atoms with Gasteiger partial charge in [-0.05, 0) is 50.8 Å². The molecule has 5 nitrogen and oxygen atoms in total. The maximum atomic E-state index is 13.0. The van der Waals surface area contributed by atoms with Crippen molar-refractivity contribution in [2.45, 2.75) is 62.8 Å². The molecule has 25 heavy (non-hydrogen) atoms. The predicted molar refractivity (Wildman–Crippen MR) is 98.0 cm³/mol. The van der Waals surface area contributed by atoms with E-state index in [1.165, 1.54) is 0 Å². The van der Waals surface area contributed by atoms with Crippen LogP contribution < -0.4 is 0 Å². The molecule has 2 saturated heterocycles. The fraction of sp³-hybridized carbons (Fsp3) is 0.632. The second-order valence-corrected chi connectivity index (χ2v) is 9.09. The molecule has 0 saturated carbocycles. The van der Waals surface area contributed by atoms with Gasteiger partial charge in [-0.3, -0.25) is 4.79 Å². The number of carbonyl (C=O) groups excluding carboxylic acids is 1. The Morgan fingerprint density at radius 2 is 1.68 bits per heavy atom. The highest BCUT2D eigenvalue weighted by Crippen LogP contribution is 2.26. The Bertz CT molecular complexity index is 709. The Balaban J connectivity index is 1.84. The molecule has 0 aliphatic carbocycles. The van der Waals surface area contributed by atoms with Crippen LogP contribution in [0.15, 0.2) is 29.2 Å². The van der Waals surface area contributed by atoms with E-state index in [1.807, 2.05) is 11.8 Å². The van der Waals surface area contributed by atoms with Gasteiger partial charge in [0.2, 0.25) is 10.0 Å².